The average Bonchev–Trinajstić information content (AvgIpc) is 2.85. The van der Waals surface area contributed by atoms with Crippen LogP contribution in [0.5, 0.6) is 0 Å². The molecule has 1 aromatic heterocycles. The van der Waals surface area contributed by atoms with Gasteiger partial charge in [-0.2, -0.15) is 4.68 Å². The summed E-state index contributed by atoms with van der Waals surface area (Å²) in [5.74, 6) is -1.27. The Hall–Kier alpha value is -1.93. The summed E-state index contributed by atoms with van der Waals surface area (Å²) in [6.07, 6.45) is -1.43. The first-order valence-corrected chi connectivity index (χ1v) is 6.04. The van der Waals surface area contributed by atoms with Crippen LogP contribution in [-0.2, 0) is 4.79 Å². The zero-order valence-electron chi connectivity index (χ0n) is 9.17. The van der Waals surface area contributed by atoms with Crippen molar-refractivity contribution in [1.82, 2.24) is 20.2 Å². The van der Waals surface area contributed by atoms with Crippen LogP contribution in [0.3, 0.4) is 0 Å². The molecule has 0 aliphatic heterocycles. The van der Waals surface area contributed by atoms with Crippen molar-refractivity contribution in [3.05, 3.63) is 30.3 Å². The van der Waals surface area contributed by atoms with Gasteiger partial charge in [-0.25, -0.2) is 4.79 Å². The summed E-state index contributed by atoms with van der Waals surface area (Å²) in [5.41, 5.74) is 0.773. The summed E-state index contributed by atoms with van der Waals surface area (Å²) in [7, 11) is 0. The predicted octanol–water partition coefficient (Wildman–Crippen LogP) is 0.200. The molecule has 1 aromatic carbocycles. The van der Waals surface area contributed by atoms with Crippen LogP contribution in [0.4, 0.5) is 0 Å². The lowest BCUT2D eigenvalue weighted by Crippen LogP contribution is -2.22. The fourth-order valence-corrected chi connectivity index (χ4v) is 2.03. The third-order valence-corrected chi connectivity index (χ3v) is 3.09. The highest BCUT2D eigenvalue weighted by atomic mass is 32.2. The second-order valence-electron chi connectivity index (χ2n) is 3.37. The van der Waals surface area contributed by atoms with Crippen LogP contribution in [0.15, 0.2) is 35.5 Å². The predicted molar refractivity (Wildman–Crippen MR) is 63.5 cm³/mol. The first kappa shape index (κ1) is 12.5. The summed E-state index contributed by atoms with van der Waals surface area (Å²) in [6.45, 7) is 0. The van der Waals surface area contributed by atoms with Crippen LogP contribution in [0.25, 0.3) is 5.69 Å². The van der Waals surface area contributed by atoms with Crippen LogP contribution in [0.1, 0.15) is 0 Å². The molecule has 0 aliphatic carbocycles. The van der Waals surface area contributed by atoms with Crippen LogP contribution in [-0.4, -0.2) is 48.2 Å². The number of para-hydroxylation sites is 1. The molecule has 0 spiro atoms. The van der Waals surface area contributed by atoms with E-state index >= 15 is 0 Å². The number of carbonyl (C=O) groups is 1. The van der Waals surface area contributed by atoms with Crippen molar-refractivity contribution < 1.29 is 15.0 Å². The first-order chi connectivity index (χ1) is 8.68. The van der Waals surface area contributed by atoms with E-state index in [1.807, 2.05) is 30.3 Å². The molecule has 94 valence electrons. The molecule has 0 saturated heterocycles. The zero-order chi connectivity index (χ0) is 13.0. The van der Waals surface area contributed by atoms with Crippen LogP contribution in [0.2, 0.25) is 0 Å². The van der Waals surface area contributed by atoms with E-state index in [0.29, 0.717) is 5.16 Å². The topological polar surface area (TPSA) is 101 Å². The summed E-state index contributed by atoms with van der Waals surface area (Å²) in [4.78, 5) is 10.5. The van der Waals surface area contributed by atoms with Gasteiger partial charge < -0.3 is 10.2 Å². The van der Waals surface area contributed by atoms with E-state index in [-0.39, 0.29) is 5.75 Å². The molecule has 0 fully saturated rings. The molecule has 2 rings (SSSR count). The number of aromatic nitrogens is 4. The Balaban J connectivity index is 2.12. The smallest absolute Gasteiger partial charge is 0.333 e. The van der Waals surface area contributed by atoms with Crippen molar-refractivity contribution in [2.45, 2.75) is 11.3 Å². The van der Waals surface area contributed by atoms with E-state index in [4.69, 9.17) is 5.11 Å². The van der Waals surface area contributed by atoms with Crippen molar-refractivity contribution in [3.63, 3.8) is 0 Å². The number of carboxylic acids is 1. The van der Waals surface area contributed by atoms with Crippen LogP contribution >= 0.6 is 11.8 Å². The number of hydrogen-bond acceptors (Lipinski definition) is 6. The molecule has 2 aromatic rings. The second-order valence-corrected chi connectivity index (χ2v) is 4.36. The fourth-order valence-electron chi connectivity index (χ4n) is 1.22. The number of rotatable bonds is 5. The zero-order valence-corrected chi connectivity index (χ0v) is 9.99. The number of thioether (sulfide) groups is 1. The van der Waals surface area contributed by atoms with Crippen molar-refractivity contribution in [1.29, 1.82) is 0 Å². The maximum atomic E-state index is 10.5. The Morgan fingerprint density at radius 2 is 2.11 bits per heavy atom. The Bertz CT molecular complexity index is 531. The average molecular weight is 266 g/mol. The van der Waals surface area contributed by atoms with Gasteiger partial charge in [0.2, 0.25) is 5.16 Å². The second kappa shape index (κ2) is 5.61. The molecule has 1 heterocycles. The lowest BCUT2D eigenvalue weighted by molar-refractivity contribution is -0.145. The van der Waals surface area contributed by atoms with Crippen LogP contribution < -0.4 is 0 Å². The highest BCUT2D eigenvalue weighted by Gasteiger charge is 2.16. The van der Waals surface area contributed by atoms with E-state index < -0.39 is 12.1 Å². The largest absolute Gasteiger partial charge is 0.479 e. The van der Waals surface area contributed by atoms with Gasteiger partial charge in [0.15, 0.2) is 6.10 Å². The van der Waals surface area contributed by atoms with E-state index in [9.17, 15) is 9.90 Å². The third kappa shape index (κ3) is 2.84. The number of carboxylic acid groups (broad SMARTS) is 1. The number of aliphatic carboxylic acids is 1. The van der Waals surface area contributed by atoms with E-state index in [2.05, 4.69) is 15.5 Å². The summed E-state index contributed by atoms with van der Waals surface area (Å²) < 4.78 is 1.49. The van der Waals surface area contributed by atoms with E-state index in [1.54, 1.807) is 0 Å². The maximum Gasteiger partial charge on any atom is 0.333 e. The summed E-state index contributed by atoms with van der Waals surface area (Å²) in [6, 6.07) is 9.21. The molecule has 7 nitrogen and oxygen atoms in total. The molecular weight excluding hydrogens is 256 g/mol. The molecule has 0 aliphatic rings. The number of aliphatic hydroxyl groups is 1. The molecule has 18 heavy (non-hydrogen) atoms. The number of benzene rings is 1. The van der Waals surface area contributed by atoms with Gasteiger partial charge in [0, 0.05) is 5.75 Å². The van der Waals surface area contributed by atoms with Gasteiger partial charge in [-0.3, -0.25) is 0 Å². The molecule has 0 bridgehead atoms. The normalized spacial score (nSPS) is 12.3. The highest BCUT2D eigenvalue weighted by molar-refractivity contribution is 7.99. The van der Waals surface area contributed by atoms with Gasteiger partial charge in [0.1, 0.15) is 0 Å². The molecule has 0 unspecified atom stereocenters. The van der Waals surface area contributed by atoms with Crippen molar-refractivity contribution in [2.24, 2.45) is 0 Å². The number of hydrogen-bond donors (Lipinski definition) is 2. The lowest BCUT2D eigenvalue weighted by Gasteiger charge is -2.05. The SMILES string of the molecule is O=C(O)[C@H](O)CSc1nnnn1-c1ccccc1. The first-order valence-electron chi connectivity index (χ1n) is 5.06. The molecule has 8 heteroatoms. The van der Waals surface area contributed by atoms with Gasteiger partial charge in [-0.05, 0) is 22.6 Å². The minimum atomic E-state index is -1.43. The molecular formula is C10H10N4O3S. The summed E-state index contributed by atoms with van der Waals surface area (Å²) in [5, 5.41) is 29.3. The Kier molecular flexibility index (Phi) is 3.90. The number of nitrogens with zero attached hydrogens (tertiary/aromatic N) is 4. The Morgan fingerprint density at radius 1 is 1.39 bits per heavy atom. The van der Waals surface area contributed by atoms with Crippen molar-refractivity contribution in [2.75, 3.05) is 5.75 Å². The quantitative estimate of drug-likeness (QED) is 0.745. The maximum absolute atomic E-state index is 10.5. The van der Waals surface area contributed by atoms with E-state index in [1.165, 1.54) is 4.68 Å². The Morgan fingerprint density at radius 3 is 2.78 bits per heavy atom. The Labute approximate surface area is 106 Å². The molecule has 0 saturated carbocycles. The van der Waals surface area contributed by atoms with Gasteiger partial charge in [0.05, 0.1) is 5.69 Å². The molecule has 0 radical (unpaired) electrons. The number of tetrazole rings is 1. The standard InChI is InChI=1S/C10H10N4O3S/c15-8(9(16)17)6-18-10-11-12-13-14(10)7-4-2-1-3-5-7/h1-5,8,15H,6H2,(H,16,17)/t8-/m1/s1. The lowest BCUT2D eigenvalue weighted by atomic mass is 10.3. The molecule has 0 amide bonds. The molecule has 1 atom stereocenters. The fraction of sp³-hybridized carbons (Fsp3) is 0.200. The number of aliphatic hydroxyl groups excluding tert-OH is 1. The third-order valence-electron chi connectivity index (χ3n) is 2.10. The van der Waals surface area contributed by atoms with Gasteiger partial charge >= 0.3 is 5.97 Å². The molecule has 2 N–H and O–H groups in total. The minimum Gasteiger partial charge on any atom is -0.479 e. The van der Waals surface area contributed by atoms with Crippen molar-refractivity contribution in [3.8, 4) is 5.69 Å². The van der Waals surface area contributed by atoms with Gasteiger partial charge in [-0.15, -0.1) is 5.10 Å². The highest BCUT2D eigenvalue weighted by Crippen LogP contribution is 2.18. The monoisotopic (exact) mass is 266 g/mol. The van der Waals surface area contributed by atoms with Crippen LogP contribution in [0, 0.1) is 0 Å². The van der Waals surface area contributed by atoms with E-state index in [0.717, 1.165) is 17.4 Å². The van der Waals surface area contributed by atoms with Crippen molar-refractivity contribution >= 4 is 17.7 Å². The van der Waals surface area contributed by atoms with Gasteiger partial charge in [-0.1, -0.05) is 30.0 Å². The van der Waals surface area contributed by atoms with Gasteiger partial charge in [0.25, 0.3) is 0 Å². The minimum absolute atomic E-state index is 0.0114. The summed E-state index contributed by atoms with van der Waals surface area (Å²) >= 11 is 1.08.